The molecule has 0 radical (unpaired) electrons. The van der Waals surface area contributed by atoms with Crippen LogP contribution >= 0.6 is 15.9 Å². The summed E-state index contributed by atoms with van der Waals surface area (Å²) in [6, 6.07) is 8.24. The van der Waals surface area contributed by atoms with E-state index in [4.69, 9.17) is 4.74 Å². The maximum absolute atomic E-state index is 12.0. The van der Waals surface area contributed by atoms with Crippen molar-refractivity contribution in [1.29, 1.82) is 0 Å². The van der Waals surface area contributed by atoms with Gasteiger partial charge in [0.15, 0.2) is 0 Å². The number of halogens is 1. The zero-order valence-corrected chi connectivity index (χ0v) is 15.8. The number of fused-ring (bicyclic) bond motifs is 1. The van der Waals surface area contributed by atoms with Gasteiger partial charge in [0, 0.05) is 39.9 Å². The molecule has 0 amide bonds. The van der Waals surface area contributed by atoms with Crippen molar-refractivity contribution in [3.63, 3.8) is 0 Å². The molecule has 5 heteroatoms. The first-order valence-electron chi connectivity index (χ1n) is 8.16. The number of carbonyl (C=O) groups is 1. The van der Waals surface area contributed by atoms with E-state index in [1.807, 2.05) is 39.0 Å². The van der Waals surface area contributed by atoms with Crippen LogP contribution in [-0.4, -0.2) is 30.1 Å². The van der Waals surface area contributed by atoms with Crippen LogP contribution in [0.4, 0.5) is 5.69 Å². The molecular formula is C19H21BrN2O2. The van der Waals surface area contributed by atoms with Gasteiger partial charge in [0.1, 0.15) is 0 Å². The largest absolute Gasteiger partial charge is 0.460 e. The van der Waals surface area contributed by atoms with Crippen LogP contribution in [0.5, 0.6) is 0 Å². The predicted molar refractivity (Wildman–Crippen MR) is 100 cm³/mol. The van der Waals surface area contributed by atoms with E-state index in [9.17, 15) is 4.79 Å². The number of nitrogens with zero attached hydrogens (tertiary/aromatic N) is 2. The first-order chi connectivity index (χ1) is 11.5. The van der Waals surface area contributed by atoms with Crippen molar-refractivity contribution in [2.75, 3.05) is 18.0 Å². The lowest BCUT2D eigenvalue weighted by Crippen LogP contribution is -2.31. The minimum Gasteiger partial charge on any atom is -0.460 e. The zero-order valence-electron chi connectivity index (χ0n) is 14.2. The van der Waals surface area contributed by atoms with E-state index in [0.717, 1.165) is 38.9 Å². The fourth-order valence-corrected chi connectivity index (χ4v) is 3.40. The van der Waals surface area contributed by atoms with E-state index in [0.29, 0.717) is 13.0 Å². The molecule has 0 bridgehead atoms. The van der Waals surface area contributed by atoms with Crippen molar-refractivity contribution in [2.24, 2.45) is 0 Å². The lowest BCUT2D eigenvalue weighted by molar-refractivity contribution is -0.142. The summed E-state index contributed by atoms with van der Waals surface area (Å²) < 4.78 is 6.29. The topological polar surface area (TPSA) is 42.4 Å². The normalized spacial score (nSPS) is 14.9. The fraction of sp³-hybridized carbons (Fsp3) is 0.368. The Morgan fingerprint density at radius 1 is 1.38 bits per heavy atom. The lowest BCUT2D eigenvalue weighted by Gasteiger charge is -2.29. The Morgan fingerprint density at radius 2 is 2.17 bits per heavy atom. The van der Waals surface area contributed by atoms with Gasteiger partial charge in [-0.05, 0) is 55.3 Å². The summed E-state index contributed by atoms with van der Waals surface area (Å²) >= 11 is 3.59. The molecule has 1 aliphatic rings. The molecule has 0 unspecified atom stereocenters. The smallest absolute Gasteiger partial charge is 0.334 e. The van der Waals surface area contributed by atoms with Gasteiger partial charge in [-0.3, -0.25) is 4.98 Å². The number of aromatic nitrogens is 1. The van der Waals surface area contributed by atoms with Gasteiger partial charge in [0.2, 0.25) is 0 Å². The van der Waals surface area contributed by atoms with Crippen molar-refractivity contribution < 1.29 is 9.53 Å². The third-order valence-corrected chi connectivity index (χ3v) is 4.69. The molecule has 0 N–H and O–H groups in total. The van der Waals surface area contributed by atoms with Crippen molar-refractivity contribution in [3.8, 4) is 0 Å². The van der Waals surface area contributed by atoms with Crippen LogP contribution in [-0.2, 0) is 9.53 Å². The molecule has 0 aliphatic carbocycles. The molecule has 2 heterocycles. The minimum absolute atomic E-state index is 0.0828. The van der Waals surface area contributed by atoms with E-state index >= 15 is 0 Å². The first-order valence-corrected chi connectivity index (χ1v) is 8.96. The van der Waals surface area contributed by atoms with Crippen LogP contribution in [0.2, 0.25) is 0 Å². The number of para-hydroxylation sites is 1. The quantitative estimate of drug-likeness (QED) is 0.731. The molecule has 1 aliphatic heterocycles. The summed E-state index contributed by atoms with van der Waals surface area (Å²) in [5, 5.41) is 1.12. The molecule has 24 heavy (non-hydrogen) atoms. The molecule has 0 saturated carbocycles. The fourth-order valence-electron chi connectivity index (χ4n) is 2.94. The summed E-state index contributed by atoms with van der Waals surface area (Å²) in [7, 11) is 0. The maximum atomic E-state index is 12.0. The maximum Gasteiger partial charge on any atom is 0.334 e. The van der Waals surface area contributed by atoms with Gasteiger partial charge in [-0.1, -0.05) is 18.2 Å². The Labute approximate surface area is 150 Å². The molecule has 3 rings (SSSR count). The average molecular weight is 389 g/mol. The second kappa shape index (κ2) is 6.93. The van der Waals surface area contributed by atoms with E-state index in [-0.39, 0.29) is 12.1 Å². The van der Waals surface area contributed by atoms with Crippen LogP contribution in [0.15, 0.2) is 40.4 Å². The average Bonchev–Trinajstić information content (AvgIpc) is 2.54. The van der Waals surface area contributed by atoms with Crippen LogP contribution in [0.25, 0.3) is 10.9 Å². The first kappa shape index (κ1) is 17.0. The molecule has 4 nitrogen and oxygen atoms in total. The van der Waals surface area contributed by atoms with Crippen molar-refractivity contribution >= 4 is 38.5 Å². The molecule has 1 aromatic carbocycles. The van der Waals surface area contributed by atoms with Gasteiger partial charge in [-0.15, -0.1) is 0 Å². The standard InChI is InChI=1S/C19H21BrN2O2/c1-12(2)24-19(23)14-7-9-22(10-8-14)17-11-13(3)21-18-15(17)5-4-6-16(18)20/h4-7,11-12H,8-10H2,1-3H3. The Kier molecular flexibility index (Phi) is 4.90. The van der Waals surface area contributed by atoms with Gasteiger partial charge in [0.25, 0.3) is 0 Å². The Balaban J connectivity index is 1.89. The number of anilines is 1. The van der Waals surface area contributed by atoms with Crippen molar-refractivity contribution in [1.82, 2.24) is 4.98 Å². The van der Waals surface area contributed by atoms with Gasteiger partial charge >= 0.3 is 5.97 Å². The monoisotopic (exact) mass is 388 g/mol. The molecule has 0 atom stereocenters. The van der Waals surface area contributed by atoms with Crippen LogP contribution in [0.3, 0.4) is 0 Å². The van der Waals surface area contributed by atoms with Gasteiger partial charge in [-0.25, -0.2) is 4.79 Å². The summed E-state index contributed by atoms with van der Waals surface area (Å²) in [5.41, 5.74) is 3.89. The number of pyridine rings is 1. The molecule has 2 aromatic rings. The highest BCUT2D eigenvalue weighted by molar-refractivity contribution is 9.10. The zero-order chi connectivity index (χ0) is 17.3. The van der Waals surface area contributed by atoms with Crippen LogP contribution in [0.1, 0.15) is 26.0 Å². The number of benzene rings is 1. The van der Waals surface area contributed by atoms with Crippen molar-refractivity contribution in [3.05, 3.63) is 46.1 Å². The molecule has 1 aromatic heterocycles. The number of hydrogen-bond acceptors (Lipinski definition) is 4. The molecule has 0 saturated heterocycles. The van der Waals surface area contributed by atoms with Crippen molar-refractivity contribution in [2.45, 2.75) is 33.3 Å². The predicted octanol–water partition coefficient (Wildman–Crippen LogP) is 4.39. The molecule has 0 fully saturated rings. The molecule has 0 spiro atoms. The second-order valence-corrected chi connectivity index (χ2v) is 7.15. The highest BCUT2D eigenvalue weighted by Gasteiger charge is 2.21. The van der Waals surface area contributed by atoms with E-state index in [2.05, 4.69) is 37.9 Å². The summed E-state index contributed by atoms with van der Waals surface area (Å²) in [4.78, 5) is 19.0. The second-order valence-electron chi connectivity index (χ2n) is 6.30. The number of rotatable bonds is 3. The van der Waals surface area contributed by atoms with E-state index in [1.165, 1.54) is 0 Å². The Bertz CT molecular complexity index is 814. The van der Waals surface area contributed by atoms with Crippen LogP contribution in [0, 0.1) is 6.92 Å². The number of esters is 1. The summed E-state index contributed by atoms with van der Waals surface area (Å²) in [6.45, 7) is 7.25. The third kappa shape index (κ3) is 3.46. The lowest BCUT2D eigenvalue weighted by atomic mass is 10.1. The molecule has 126 valence electrons. The summed E-state index contributed by atoms with van der Waals surface area (Å²) in [6.07, 6.45) is 2.59. The Hall–Kier alpha value is -1.88. The Morgan fingerprint density at radius 3 is 2.83 bits per heavy atom. The summed E-state index contributed by atoms with van der Waals surface area (Å²) in [5.74, 6) is -0.192. The van der Waals surface area contributed by atoms with Gasteiger partial charge in [-0.2, -0.15) is 0 Å². The number of carbonyl (C=O) groups excluding carboxylic acids is 1. The van der Waals surface area contributed by atoms with E-state index < -0.39 is 0 Å². The SMILES string of the molecule is Cc1cc(N2CC=C(C(=O)OC(C)C)CC2)c2cccc(Br)c2n1. The van der Waals surface area contributed by atoms with Crippen LogP contribution < -0.4 is 4.90 Å². The minimum atomic E-state index is -0.192. The third-order valence-electron chi connectivity index (χ3n) is 4.05. The number of hydrogen-bond donors (Lipinski definition) is 0. The van der Waals surface area contributed by atoms with E-state index in [1.54, 1.807) is 0 Å². The number of aryl methyl sites for hydroxylation is 1. The van der Waals surface area contributed by atoms with Gasteiger partial charge in [0.05, 0.1) is 11.6 Å². The van der Waals surface area contributed by atoms with Gasteiger partial charge < -0.3 is 9.64 Å². The highest BCUT2D eigenvalue weighted by Crippen LogP contribution is 2.32. The molecular weight excluding hydrogens is 368 g/mol. The highest BCUT2D eigenvalue weighted by atomic mass is 79.9. The number of ether oxygens (including phenoxy) is 1.